The number of rotatable bonds is 12. The van der Waals surface area contributed by atoms with Crippen molar-refractivity contribution in [1.82, 2.24) is 24.3 Å². The van der Waals surface area contributed by atoms with Crippen molar-refractivity contribution in [3.05, 3.63) is 285 Å². The predicted octanol–water partition coefficient (Wildman–Crippen LogP) is 17.0. The molecule has 0 saturated carbocycles. The summed E-state index contributed by atoms with van der Waals surface area (Å²) in [6.07, 6.45) is 0. The molecule has 0 radical (unpaired) electrons. The molecule has 79 heavy (non-hydrogen) atoms. The van der Waals surface area contributed by atoms with Crippen molar-refractivity contribution >= 4 is 11.9 Å². The Morgan fingerprint density at radius 3 is 0.684 bits per heavy atom. The highest BCUT2D eigenvalue weighted by Gasteiger charge is 2.54. The van der Waals surface area contributed by atoms with Crippen LogP contribution in [-0.2, 0) is 47.8 Å². The molecule has 404 valence electrons. The Balaban J connectivity index is 1.36. The Labute approximate surface area is 474 Å². The van der Waals surface area contributed by atoms with Gasteiger partial charge in [-0.25, -0.2) is 4.67 Å². The fourth-order valence-corrected chi connectivity index (χ4v) is 11.8. The van der Waals surface area contributed by atoms with Crippen LogP contribution in [0.4, 0.5) is 0 Å². The zero-order valence-electron chi connectivity index (χ0n) is 49.2. The van der Waals surface area contributed by atoms with Gasteiger partial charge in [0.05, 0.1) is 26.2 Å². The first-order valence-corrected chi connectivity index (χ1v) is 28.8. The van der Waals surface area contributed by atoms with Gasteiger partial charge in [0.25, 0.3) is 0 Å². The minimum atomic E-state index is -0.117. The van der Waals surface area contributed by atoms with E-state index in [1.165, 1.54) is 66.8 Å². The van der Waals surface area contributed by atoms with E-state index in [1.807, 2.05) is 0 Å². The molecule has 0 aliphatic carbocycles. The highest BCUT2D eigenvalue weighted by Crippen LogP contribution is 2.49. The summed E-state index contributed by atoms with van der Waals surface area (Å²) in [6.45, 7) is 30.8. The van der Waals surface area contributed by atoms with Gasteiger partial charge in [-0.2, -0.15) is 0 Å². The Morgan fingerprint density at radius 1 is 0.266 bits per heavy atom. The highest BCUT2D eigenvalue weighted by atomic mass is 15.5. The molecule has 2 aliphatic heterocycles. The van der Waals surface area contributed by atoms with Crippen LogP contribution in [0.3, 0.4) is 0 Å². The maximum Gasteiger partial charge on any atom is 0.375 e. The Kier molecular flexibility index (Phi) is 15.4. The molecule has 5 nitrogen and oxygen atoms in total. The zero-order chi connectivity index (χ0) is 55.7. The van der Waals surface area contributed by atoms with Gasteiger partial charge in [0.1, 0.15) is 24.2 Å². The van der Waals surface area contributed by atoms with E-state index in [0.29, 0.717) is 26.2 Å². The van der Waals surface area contributed by atoms with Crippen molar-refractivity contribution in [2.75, 3.05) is 0 Å². The average molecular weight is 1040 g/mol. The van der Waals surface area contributed by atoms with Crippen LogP contribution in [0.1, 0.15) is 174 Å². The third-order valence-electron chi connectivity index (χ3n) is 16.3. The minimum Gasteiger partial charge on any atom is -0.268 e. The number of benzene rings is 8. The fraction of sp³-hybridized carbons (Fsp3) is 0.324. The van der Waals surface area contributed by atoms with Gasteiger partial charge in [0, 0.05) is 0 Å². The molecule has 2 saturated heterocycles. The number of hydrogen-bond donors (Lipinski definition) is 0. The van der Waals surface area contributed by atoms with Gasteiger partial charge >= 0.3 is 11.9 Å². The largest absolute Gasteiger partial charge is 0.375 e. The van der Waals surface area contributed by atoms with Gasteiger partial charge < -0.3 is 0 Å². The molecule has 5 heteroatoms. The molecule has 2 heterocycles. The lowest BCUT2D eigenvalue weighted by Crippen LogP contribution is -2.42. The van der Waals surface area contributed by atoms with Gasteiger partial charge in [-0.15, -0.1) is 0 Å². The molecule has 0 spiro atoms. The quantitative estimate of drug-likeness (QED) is 0.114. The summed E-state index contributed by atoms with van der Waals surface area (Å²) < 4.78 is 6.51. The first kappa shape index (κ1) is 54.8. The Morgan fingerprint density at radius 2 is 0.468 bits per heavy atom. The molecule has 2 aliphatic rings. The molecular formula is C74H84N5+. The highest BCUT2D eigenvalue weighted by molar-refractivity contribution is 5.92. The second-order valence-electron chi connectivity index (χ2n) is 26.5. The van der Waals surface area contributed by atoms with Crippen LogP contribution in [-0.4, -0.2) is 31.5 Å². The summed E-state index contributed by atoms with van der Waals surface area (Å²) in [5.74, 6) is 1.92. The third-order valence-corrected chi connectivity index (χ3v) is 16.3. The summed E-state index contributed by atoms with van der Waals surface area (Å²) in [5, 5.41) is 0. The van der Waals surface area contributed by atoms with Gasteiger partial charge in [-0.05, 0) is 88.4 Å². The van der Waals surface area contributed by atoms with Crippen molar-refractivity contribution in [3.8, 4) is 0 Å². The molecule has 0 aromatic heterocycles. The predicted molar refractivity (Wildman–Crippen MR) is 332 cm³/mol. The Hall–Kier alpha value is -7.59. The first-order chi connectivity index (χ1) is 37.7. The Bertz CT molecular complexity index is 3090. The molecule has 2 fully saturated rings. The van der Waals surface area contributed by atoms with Gasteiger partial charge in [-0.3, -0.25) is 19.6 Å². The van der Waals surface area contributed by atoms with Gasteiger partial charge in [0.15, 0.2) is 0 Å². The summed E-state index contributed by atoms with van der Waals surface area (Å²) in [5.41, 5.74) is 15.2. The van der Waals surface area contributed by atoms with Crippen LogP contribution in [0.5, 0.6) is 0 Å². The smallest absolute Gasteiger partial charge is 0.268 e. The van der Waals surface area contributed by atoms with Crippen molar-refractivity contribution in [3.63, 3.8) is 0 Å². The summed E-state index contributed by atoms with van der Waals surface area (Å²) in [4.78, 5) is 10.7. The normalized spacial score (nSPS) is 18.1. The van der Waals surface area contributed by atoms with E-state index in [0.717, 1.165) is 11.9 Å². The lowest BCUT2D eigenvalue weighted by molar-refractivity contribution is 0.263. The SMILES string of the molecule is CC(C)(C)c1cc(CN2C(=[N+]=C3N(Cc4ccccc4)[C@@H](c4ccccc4)[C@H](c4ccccc4)N3Cc3ccccc3)N(Cc3cc(C(C)(C)C)cc(C(C)(C)C)c3)[C@@H](c3ccccc3)[C@@H]2c2ccccc2)cc(C(C)(C)C)c1. The van der Waals surface area contributed by atoms with E-state index in [2.05, 4.69) is 321 Å². The lowest BCUT2D eigenvalue weighted by atomic mass is 9.79. The van der Waals surface area contributed by atoms with Crippen molar-refractivity contribution in [2.24, 2.45) is 0 Å². The van der Waals surface area contributed by atoms with Crippen LogP contribution < -0.4 is 4.67 Å². The zero-order valence-corrected chi connectivity index (χ0v) is 49.2. The van der Waals surface area contributed by atoms with Gasteiger partial charge in [-0.1, -0.05) is 301 Å². The molecule has 0 N–H and O–H groups in total. The molecule has 4 atom stereocenters. The van der Waals surface area contributed by atoms with E-state index in [4.69, 9.17) is 4.67 Å². The number of guanidine groups is 2. The molecule has 8 aromatic rings. The molecule has 10 rings (SSSR count). The molecule has 8 aromatic carbocycles. The summed E-state index contributed by atoms with van der Waals surface area (Å²) in [7, 11) is 0. The average Bonchev–Trinajstić information content (AvgIpc) is 3.73. The second kappa shape index (κ2) is 22.3. The van der Waals surface area contributed by atoms with Crippen LogP contribution in [0, 0.1) is 0 Å². The third kappa shape index (κ3) is 12.2. The van der Waals surface area contributed by atoms with Crippen LogP contribution >= 0.6 is 0 Å². The van der Waals surface area contributed by atoms with Gasteiger partial charge in [0.2, 0.25) is 0 Å². The summed E-state index contributed by atoms with van der Waals surface area (Å²) in [6, 6.07) is 81.5. The van der Waals surface area contributed by atoms with Crippen molar-refractivity contribution in [2.45, 2.75) is 155 Å². The van der Waals surface area contributed by atoms with E-state index in [-0.39, 0.29) is 45.8 Å². The van der Waals surface area contributed by atoms with Crippen LogP contribution in [0.25, 0.3) is 0 Å². The molecule has 0 amide bonds. The molecular weight excluding hydrogens is 959 g/mol. The van der Waals surface area contributed by atoms with Crippen molar-refractivity contribution < 1.29 is 0 Å². The molecule has 0 unspecified atom stereocenters. The second-order valence-corrected chi connectivity index (χ2v) is 26.5. The fourth-order valence-electron chi connectivity index (χ4n) is 11.8. The topological polar surface area (TPSA) is 27.1 Å². The monoisotopic (exact) mass is 1040 g/mol. The van der Waals surface area contributed by atoms with Crippen molar-refractivity contribution in [1.29, 1.82) is 0 Å². The summed E-state index contributed by atoms with van der Waals surface area (Å²) >= 11 is 0. The number of nitrogens with zero attached hydrogens (tertiary/aromatic N) is 5. The van der Waals surface area contributed by atoms with E-state index >= 15 is 0 Å². The standard InChI is InChI=1S/C74H84N5/c1-71(2,3)61-43-55(44-62(47-61)72(4,5)6)51-78-67(59-39-27-17-28-40-59)68(60-41-29-18-30-42-60)79(52-56-45-63(73(7,8)9)48-64(46-56)74(10,11)12)70(78)75-69-76(49-53-31-19-13-20-32-53)65(57-35-23-15-24-36-57)66(58-37-25-16-26-38-58)77(69)50-54-33-21-14-22-34-54/h13-48,65-68H,49-52H2,1-12H3/q+1/t65-,66-,67-,68-/m0/s1. The van der Waals surface area contributed by atoms with Crippen LogP contribution in [0.2, 0.25) is 0 Å². The first-order valence-electron chi connectivity index (χ1n) is 28.8. The lowest BCUT2D eigenvalue weighted by Gasteiger charge is -2.29. The maximum atomic E-state index is 6.51. The molecule has 0 bridgehead atoms. The van der Waals surface area contributed by atoms with E-state index in [1.54, 1.807) is 0 Å². The maximum absolute atomic E-state index is 6.51. The minimum absolute atomic E-state index is 0.0628. The van der Waals surface area contributed by atoms with E-state index < -0.39 is 0 Å². The van der Waals surface area contributed by atoms with Crippen LogP contribution in [0.15, 0.2) is 218 Å². The van der Waals surface area contributed by atoms with E-state index in [9.17, 15) is 0 Å². The number of hydrogen-bond acceptors (Lipinski definition) is 0.